The lowest BCUT2D eigenvalue weighted by atomic mass is 10.0. The predicted molar refractivity (Wildman–Crippen MR) is 92.0 cm³/mol. The molecule has 2 heteroatoms. The molecule has 0 saturated heterocycles. The van der Waals surface area contributed by atoms with E-state index in [9.17, 15) is 0 Å². The quantitative estimate of drug-likeness (QED) is 0.707. The summed E-state index contributed by atoms with van der Waals surface area (Å²) in [6, 6.07) is 20.6. The molecule has 0 aliphatic rings. The Bertz CT molecular complexity index is 613. The largest absolute Gasteiger partial charge is 0.364 e. The summed E-state index contributed by atoms with van der Waals surface area (Å²) in [7, 11) is 2.04. The van der Waals surface area contributed by atoms with Gasteiger partial charge in [0.15, 0.2) is 0 Å². The van der Waals surface area contributed by atoms with Gasteiger partial charge in [-0.05, 0) is 24.1 Å². The van der Waals surface area contributed by atoms with Crippen LogP contribution in [-0.2, 0) is 0 Å². The molecular weight excluding hydrogens is 278 g/mol. The van der Waals surface area contributed by atoms with Crippen molar-refractivity contribution < 1.29 is 0 Å². The molecule has 0 aliphatic carbocycles. The second kappa shape index (κ2) is 7.14. The minimum absolute atomic E-state index is 0.0661. The van der Waals surface area contributed by atoms with E-state index in [4.69, 9.17) is 11.6 Å². The molecule has 2 aromatic rings. The van der Waals surface area contributed by atoms with Crippen LogP contribution in [0.1, 0.15) is 24.1 Å². The first-order valence-corrected chi connectivity index (χ1v) is 7.33. The minimum Gasteiger partial charge on any atom is -0.364 e. The van der Waals surface area contributed by atoms with Gasteiger partial charge in [-0.3, -0.25) is 0 Å². The van der Waals surface area contributed by atoms with Gasteiger partial charge in [-0.1, -0.05) is 78.8 Å². The molecule has 0 N–H and O–H groups in total. The van der Waals surface area contributed by atoms with E-state index in [1.54, 1.807) is 0 Å². The van der Waals surface area contributed by atoms with E-state index >= 15 is 0 Å². The van der Waals surface area contributed by atoms with Gasteiger partial charge in [0.25, 0.3) is 0 Å². The average Bonchev–Trinajstić information content (AvgIpc) is 2.53. The maximum atomic E-state index is 6.12. The normalized spacial score (nSPS) is 12.8. The van der Waals surface area contributed by atoms with Gasteiger partial charge in [-0.15, -0.1) is 0 Å². The molecule has 0 radical (unpaired) electrons. The van der Waals surface area contributed by atoms with Crippen molar-refractivity contribution in [2.24, 2.45) is 0 Å². The first kappa shape index (κ1) is 15.4. The Morgan fingerprint density at radius 2 is 1.57 bits per heavy atom. The van der Waals surface area contributed by atoms with Gasteiger partial charge in [-0.2, -0.15) is 0 Å². The van der Waals surface area contributed by atoms with Crippen LogP contribution in [-0.4, -0.2) is 11.9 Å². The highest BCUT2D eigenvalue weighted by atomic mass is 35.5. The molecule has 0 fully saturated rings. The zero-order valence-electron chi connectivity index (χ0n) is 12.5. The lowest BCUT2D eigenvalue weighted by molar-refractivity contribution is 0.416. The third-order valence-electron chi connectivity index (χ3n) is 3.48. The Labute approximate surface area is 132 Å². The molecule has 0 aliphatic heterocycles. The fourth-order valence-corrected chi connectivity index (χ4v) is 2.42. The van der Waals surface area contributed by atoms with Crippen LogP contribution < -0.4 is 0 Å². The Morgan fingerprint density at radius 3 is 2.10 bits per heavy atom. The van der Waals surface area contributed by atoms with Crippen molar-refractivity contribution in [3.8, 4) is 0 Å². The zero-order chi connectivity index (χ0) is 15.2. The highest BCUT2D eigenvalue weighted by Crippen LogP contribution is 2.29. The SMILES string of the molecule is C=C(c1ccccc1)N(C)C(/C=C(\C)Cl)c1ccccc1. The Hall–Kier alpha value is -1.99. The Kier molecular flexibility index (Phi) is 5.24. The van der Waals surface area contributed by atoms with Crippen molar-refractivity contribution in [1.82, 2.24) is 4.90 Å². The number of hydrogen-bond acceptors (Lipinski definition) is 1. The van der Waals surface area contributed by atoms with Crippen LogP contribution in [0.15, 0.2) is 78.4 Å². The molecule has 1 atom stereocenters. The summed E-state index contributed by atoms with van der Waals surface area (Å²) in [6.45, 7) is 6.13. The number of hydrogen-bond donors (Lipinski definition) is 0. The summed E-state index contributed by atoms with van der Waals surface area (Å²) in [4.78, 5) is 2.15. The average molecular weight is 298 g/mol. The molecule has 0 heterocycles. The fourth-order valence-electron chi connectivity index (χ4n) is 2.30. The van der Waals surface area contributed by atoms with Gasteiger partial charge in [-0.25, -0.2) is 0 Å². The molecule has 0 amide bonds. The number of benzene rings is 2. The maximum absolute atomic E-state index is 6.12. The van der Waals surface area contributed by atoms with Gasteiger partial charge in [0.1, 0.15) is 0 Å². The van der Waals surface area contributed by atoms with Gasteiger partial charge in [0, 0.05) is 17.8 Å². The van der Waals surface area contributed by atoms with Crippen LogP contribution >= 0.6 is 11.6 Å². The summed E-state index contributed by atoms with van der Waals surface area (Å²) in [5, 5.41) is 0.775. The van der Waals surface area contributed by atoms with Crippen LogP contribution in [0.5, 0.6) is 0 Å². The molecule has 0 aromatic heterocycles. The molecule has 2 rings (SSSR count). The molecule has 21 heavy (non-hydrogen) atoms. The summed E-state index contributed by atoms with van der Waals surface area (Å²) < 4.78 is 0. The van der Waals surface area contributed by atoms with E-state index in [-0.39, 0.29) is 6.04 Å². The Morgan fingerprint density at radius 1 is 1.05 bits per heavy atom. The molecule has 2 aromatic carbocycles. The number of allylic oxidation sites excluding steroid dienone is 1. The fraction of sp³-hybridized carbons (Fsp3) is 0.158. The number of rotatable bonds is 5. The number of likely N-dealkylation sites (N-methyl/N-ethyl adjacent to an activating group) is 1. The van der Waals surface area contributed by atoms with Crippen LogP contribution in [0.4, 0.5) is 0 Å². The minimum atomic E-state index is 0.0661. The van der Waals surface area contributed by atoms with Crippen molar-refractivity contribution in [3.05, 3.63) is 89.5 Å². The zero-order valence-corrected chi connectivity index (χ0v) is 13.2. The lowest BCUT2D eigenvalue weighted by Crippen LogP contribution is -2.21. The van der Waals surface area contributed by atoms with Crippen LogP contribution in [0, 0.1) is 0 Å². The summed E-state index contributed by atoms with van der Waals surface area (Å²) in [5.74, 6) is 0. The van der Waals surface area contributed by atoms with Gasteiger partial charge in [0.05, 0.1) is 6.04 Å². The molecular formula is C19H20ClN. The molecule has 0 bridgehead atoms. The first-order chi connectivity index (χ1) is 10.1. The Balaban J connectivity index is 2.33. The number of halogens is 1. The monoisotopic (exact) mass is 297 g/mol. The highest BCUT2D eigenvalue weighted by Gasteiger charge is 2.16. The molecule has 0 saturated carbocycles. The number of nitrogens with zero attached hydrogens (tertiary/aromatic N) is 1. The summed E-state index contributed by atoms with van der Waals surface area (Å²) >= 11 is 6.12. The van der Waals surface area contributed by atoms with Crippen LogP contribution in [0.2, 0.25) is 0 Å². The second-order valence-electron chi connectivity index (χ2n) is 5.03. The second-order valence-corrected chi connectivity index (χ2v) is 5.63. The van der Waals surface area contributed by atoms with Gasteiger partial charge in [0.2, 0.25) is 0 Å². The van der Waals surface area contributed by atoms with Crippen molar-refractivity contribution in [2.75, 3.05) is 7.05 Å². The van der Waals surface area contributed by atoms with Crippen molar-refractivity contribution in [3.63, 3.8) is 0 Å². The highest BCUT2D eigenvalue weighted by molar-refractivity contribution is 6.29. The first-order valence-electron chi connectivity index (χ1n) is 6.95. The third-order valence-corrected chi connectivity index (χ3v) is 3.60. The van der Waals surface area contributed by atoms with Crippen LogP contribution in [0.25, 0.3) is 5.70 Å². The smallest absolute Gasteiger partial charge is 0.0737 e. The molecule has 1 unspecified atom stereocenters. The van der Waals surface area contributed by atoms with Crippen molar-refractivity contribution in [1.29, 1.82) is 0 Å². The van der Waals surface area contributed by atoms with E-state index in [0.29, 0.717) is 0 Å². The van der Waals surface area contributed by atoms with Crippen molar-refractivity contribution in [2.45, 2.75) is 13.0 Å². The lowest BCUT2D eigenvalue weighted by Gasteiger charge is -2.30. The maximum Gasteiger partial charge on any atom is 0.0737 e. The molecule has 0 spiro atoms. The standard InChI is InChI=1S/C19H20ClN/c1-15(20)14-19(18-12-8-5-9-13-18)21(3)16(2)17-10-6-4-7-11-17/h4-14,19H,2H2,1,3H3/b15-14+. The predicted octanol–water partition coefficient (Wildman–Crippen LogP) is 5.47. The van der Waals surface area contributed by atoms with Crippen molar-refractivity contribution >= 4 is 17.3 Å². The van der Waals surface area contributed by atoms with Gasteiger partial charge < -0.3 is 4.90 Å². The third kappa shape index (κ3) is 3.99. The van der Waals surface area contributed by atoms with E-state index in [0.717, 1.165) is 16.3 Å². The summed E-state index contributed by atoms with van der Waals surface area (Å²) in [5.41, 5.74) is 3.28. The molecule has 1 nitrogen and oxygen atoms in total. The van der Waals surface area contributed by atoms with Gasteiger partial charge >= 0.3 is 0 Å². The van der Waals surface area contributed by atoms with Crippen LogP contribution in [0.3, 0.4) is 0 Å². The topological polar surface area (TPSA) is 3.24 Å². The van der Waals surface area contributed by atoms with E-state index < -0.39 is 0 Å². The van der Waals surface area contributed by atoms with E-state index in [1.165, 1.54) is 5.56 Å². The summed E-state index contributed by atoms with van der Waals surface area (Å²) in [6.07, 6.45) is 2.05. The van der Waals surface area contributed by atoms with E-state index in [2.05, 4.69) is 35.7 Å². The molecule has 108 valence electrons. The van der Waals surface area contributed by atoms with E-state index in [1.807, 2.05) is 56.4 Å².